The number of methoxy groups -OCH3 is 1. The predicted octanol–water partition coefficient (Wildman–Crippen LogP) is 4.00. The van der Waals surface area contributed by atoms with Gasteiger partial charge in [0.25, 0.3) is 11.8 Å². The molecule has 0 aliphatic heterocycles. The number of nitrogens with zero attached hydrogens (tertiary/aromatic N) is 1. The number of amides is 3. The quantitative estimate of drug-likeness (QED) is 0.195. The molecule has 44 heavy (non-hydrogen) atoms. The Morgan fingerprint density at radius 3 is 2.27 bits per heavy atom. The third kappa shape index (κ3) is 9.62. The summed E-state index contributed by atoms with van der Waals surface area (Å²) in [5, 5.41) is 17.3. The van der Waals surface area contributed by atoms with E-state index in [-0.39, 0.29) is 41.4 Å². The average Bonchev–Trinajstić information content (AvgIpc) is 3.01. The van der Waals surface area contributed by atoms with Gasteiger partial charge >= 0.3 is 0 Å². The monoisotopic (exact) mass is 606 g/mol. The Kier molecular flexibility index (Phi) is 12.9. The summed E-state index contributed by atoms with van der Waals surface area (Å²) in [7, 11) is 1.59. The van der Waals surface area contributed by atoms with Crippen LogP contribution in [-0.2, 0) is 13.0 Å². The van der Waals surface area contributed by atoms with Crippen LogP contribution in [0.3, 0.4) is 0 Å². The fraction of sp³-hybridized carbons (Fsp3) is 0.382. The molecule has 0 bridgehead atoms. The van der Waals surface area contributed by atoms with Crippen molar-refractivity contribution in [2.45, 2.75) is 58.7 Å². The number of aliphatic hydroxyl groups is 1. The van der Waals surface area contributed by atoms with Crippen molar-refractivity contribution < 1.29 is 28.6 Å². The molecule has 0 aliphatic rings. The van der Waals surface area contributed by atoms with Crippen LogP contribution in [-0.4, -0.2) is 66.6 Å². The van der Waals surface area contributed by atoms with Gasteiger partial charge in [-0.1, -0.05) is 38.1 Å². The second kappa shape index (κ2) is 16.5. The number of hydrogen-bond acceptors (Lipinski definition) is 6. The number of nitrogens with two attached hydrogens (primary N) is 1. The maximum atomic E-state index is 14.4. The van der Waals surface area contributed by atoms with Crippen molar-refractivity contribution in [3.8, 4) is 5.75 Å². The lowest BCUT2D eigenvalue weighted by Gasteiger charge is -2.25. The van der Waals surface area contributed by atoms with E-state index in [2.05, 4.69) is 10.6 Å². The van der Waals surface area contributed by atoms with Gasteiger partial charge in [-0.3, -0.25) is 14.4 Å². The van der Waals surface area contributed by atoms with Gasteiger partial charge in [-0.25, -0.2) is 4.39 Å². The van der Waals surface area contributed by atoms with Gasteiger partial charge in [0.05, 0.1) is 19.3 Å². The lowest BCUT2D eigenvalue weighted by molar-refractivity contribution is 0.0755. The van der Waals surface area contributed by atoms with E-state index in [9.17, 15) is 23.9 Å². The van der Waals surface area contributed by atoms with Crippen LogP contribution in [0.2, 0.25) is 0 Å². The molecule has 0 fully saturated rings. The molecule has 0 aromatic heterocycles. The average molecular weight is 607 g/mol. The summed E-state index contributed by atoms with van der Waals surface area (Å²) in [5.74, 6) is -1.37. The number of aliphatic hydroxyl groups excluding tert-OH is 1. The zero-order valence-corrected chi connectivity index (χ0v) is 25.9. The summed E-state index contributed by atoms with van der Waals surface area (Å²) in [5.41, 5.74) is 7.81. The highest BCUT2D eigenvalue weighted by molar-refractivity contribution is 6.04. The number of primary amides is 1. The molecule has 2 unspecified atom stereocenters. The molecular formula is C34H43FN4O5. The minimum atomic E-state index is -1.07. The number of hydrogen-bond donors (Lipinski definition) is 4. The first kappa shape index (κ1) is 34.2. The van der Waals surface area contributed by atoms with Crippen molar-refractivity contribution in [3.05, 3.63) is 99.9 Å². The molecule has 0 radical (unpaired) electrons. The second-order valence-electron chi connectivity index (χ2n) is 10.9. The molecule has 9 nitrogen and oxygen atoms in total. The highest BCUT2D eigenvalue weighted by Gasteiger charge is 2.25. The summed E-state index contributed by atoms with van der Waals surface area (Å²) in [4.78, 5) is 40.8. The number of rotatable bonds is 16. The van der Waals surface area contributed by atoms with Gasteiger partial charge in [0.1, 0.15) is 11.6 Å². The van der Waals surface area contributed by atoms with E-state index in [0.29, 0.717) is 36.5 Å². The van der Waals surface area contributed by atoms with Gasteiger partial charge in [-0.15, -0.1) is 0 Å². The van der Waals surface area contributed by atoms with E-state index in [1.165, 1.54) is 24.3 Å². The number of halogens is 1. The topological polar surface area (TPSA) is 134 Å². The van der Waals surface area contributed by atoms with Crippen LogP contribution in [0.15, 0.2) is 60.7 Å². The van der Waals surface area contributed by atoms with Gasteiger partial charge in [-0.05, 0) is 79.3 Å². The number of ether oxygens (including phenoxy) is 1. The largest absolute Gasteiger partial charge is 0.497 e. The molecule has 3 rings (SSSR count). The zero-order chi connectivity index (χ0) is 32.2. The fourth-order valence-corrected chi connectivity index (χ4v) is 4.90. The Balaban J connectivity index is 1.86. The predicted molar refractivity (Wildman–Crippen MR) is 168 cm³/mol. The molecule has 5 N–H and O–H groups in total. The van der Waals surface area contributed by atoms with Crippen LogP contribution in [0.25, 0.3) is 0 Å². The minimum Gasteiger partial charge on any atom is -0.497 e. The lowest BCUT2D eigenvalue weighted by Crippen LogP contribution is -2.48. The van der Waals surface area contributed by atoms with E-state index in [0.717, 1.165) is 18.4 Å². The Morgan fingerprint density at radius 1 is 0.955 bits per heavy atom. The van der Waals surface area contributed by atoms with Gasteiger partial charge in [-0.2, -0.15) is 0 Å². The number of benzene rings is 3. The lowest BCUT2D eigenvalue weighted by atomic mass is 9.98. The first-order valence-electron chi connectivity index (χ1n) is 14.9. The first-order valence-corrected chi connectivity index (χ1v) is 14.9. The van der Waals surface area contributed by atoms with Crippen LogP contribution in [0.1, 0.15) is 74.5 Å². The first-order chi connectivity index (χ1) is 21.1. The van der Waals surface area contributed by atoms with Gasteiger partial charge in [0.15, 0.2) is 0 Å². The third-order valence-electron chi connectivity index (χ3n) is 7.29. The van der Waals surface area contributed by atoms with Crippen LogP contribution >= 0.6 is 0 Å². The summed E-state index contributed by atoms with van der Waals surface area (Å²) in [6.45, 7) is 7.19. The molecule has 0 heterocycles. The molecule has 2 atom stereocenters. The van der Waals surface area contributed by atoms with Gasteiger partial charge in [0.2, 0.25) is 5.91 Å². The molecule has 0 aliphatic carbocycles. The summed E-state index contributed by atoms with van der Waals surface area (Å²) in [6.07, 6.45) is 0.561. The minimum absolute atomic E-state index is 0.0200. The number of carbonyl (C=O) groups excluding carboxylic acids is 3. The number of aryl methyl sites for hydroxylation is 1. The summed E-state index contributed by atoms with van der Waals surface area (Å²) in [6, 6.07) is 15.6. The van der Waals surface area contributed by atoms with E-state index in [4.69, 9.17) is 10.5 Å². The zero-order valence-electron chi connectivity index (χ0n) is 25.9. The Bertz CT molecular complexity index is 1440. The van der Waals surface area contributed by atoms with Crippen molar-refractivity contribution >= 4 is 17.7 Å². The van der Waals surface area contributed by atoms with Gasteiger partial charge < -0.3 is 31.1 Å². The van der Waals surface area contributed by atoms with Crippen molar-refractivity contribution in [2.75, 3.05) is 26.7 Å². The standard InChI is InChI=1S/C34H43FN4O5/c1-5-12-39(13-6-2)34(43)27-18-25(32(36)41)17-26(19-27)33(42)38-30(16-23-11-10-22(3)29(35)15-23)31(40)21-37-20-24-8-7-9-28(14-24)44-4/h7-11,14-15,17-19,30-31,37,40H,5-6,12-13,16,20-21H2,1-4H3,(H2,36,41)(H,38,42). The van der Waals surface area contributed by atoms with Crippen molar-refractivity contribution in [3.63, 3.8) is 0 Å². The highest BCUT2D eigenvalue weighted by atomic mass is 19.1. The fourth-order valence-electron chi connectivity index (χ4n) is 4.90. The van der Waals surface area contributed by atoms with Crippen molar-refractivity contribution in [1.82, 2.24) is 15.5 Å². The maximum absolute atomic E-state index is 14.4. The maximum Gasteiger partial charge on any atom is 0.253 e. The van der Waals surface area contributed by atoms with Crippen molar-refractivity contribution in [2.24, 2.45) is 5.73 Å². The Labute approximate surface area is 258 Å². The molecular weight excluding hydrogens is 563 g/mol. The van der Waals surface area contributed by atoms with E-state index < -0.39 is 24.0 Å². The second-order valence-corrected chi connectivity index (χ2v) is 10.9. The highest BCUT2D eigenvalue weighted by Crippen LogP contribution is 2.17. The third-order valence-corrected chi connectivity index (χ3v) is 7.29. The number of carbonyl (C=O) groups is 3. The van der Waals surface area contributed by atoms with Crippen LogP contribution < -0.4 is 21.1 Å². The molecule has 0 spiro atoms. The SMILES string of the molecule is CCCN(CCC)C(=O)c1cc(C(N)=O)cc(C(=O)NC(Cc2ccc(C)c(F)c2)C(O)CNCc2cccc(OC)c2)c1. The van der Waals surface area contributed by atoms with E-state index in [1.54, 1.807) is 31.1 Å². The van der Waals surface area contributed by atoms with Crippen LogP contribution in [0.5, 0.6) is 5.75 Å². The van der Waals surface area contributed by atoms with Crippen LogP contribution in [0.4, 0.5) is 4.39 Å². The molecule has 3 aromatic rings. The Morgan fingerprint density at radius 2 is 1.64 bits per heavy atom. The molecule has 0 saturated heterocycles. The molecule has 3 amide bonds. The normalized spacial score (nSPS) is 12.3. The molecule has 0 saturated carbocycles. The van der Waals surface area contributed by atoms with Gasteiger partial charge in [0, 0.05) is 42.9 Å². The number of nitrogens with one attached hydrogen (secondary N) is 2. The van der Waals surface area contributed by atoms with E-state index >= 15 is 0 Å². The Hall–Kier alpha value is -4.28. The van der Waals surface area contributed by atoms with E-state index in [1.807, 2.05) is 38.1 Å². The summed E-state index contributed by atoms with van der Waals surface area (Å²) < 4.78 is 19.6. The summed E-state index contributed by atoms with van der Waals surface area (Å²) >= 11 is 0. The molecule has 10 heteroatoms. The van der Waals surface area contributed by atoms with Crippen molar-refractivity contribution in [1.29, 1.82) is 0 Å². The smallest absolute Gasteiger partial charge is 0.253 e. The molecule has 3 aromatic carbocycles. The van der Waals surface area contributed by atoms with Crippen LogP contribution in [0, 0.1) is 12.7 Å². The molecule has 236 valence electrons.